The van der Waals surface area contributed by atoms with E-state index in [1.54, 1.807) is 38.5 Å². The number of nitrogens with zero attached hydrogens (tertiary/aromatic N) is 3. The number of sulfonamides is 1. The van der Waals surface area contributed by atoms with Crippen LogP contribution in [0.4, 0.5) is 0 Å². The first-order valence-corrected chi connectivity index (χ1v) is 12.0. The fraction of sp³-hybridized carbons (Fsp3) is 0.364. The third kappa shape index (κ3) is 4.32. The summed E-state index contributed by atoms with van der Waals surface area (Å²) in [5.41, 5.74) is 1.54. The molecule has 1 fully saturated rings. The molecule has 0 spiro atoms. The van der Waals surface area contributed by atoms with Crippen molar-refractivity contribution in [1.82, 2.24) is 14.4 Å². The summed E-state index contributed by atoms with van der Waals surface area (Å²) in [6, 6.07) is 10.1. The molecule has 0 radical (unpaired) electrons. The lowest BCUT2D eigenvalue weighted by molar-refractivity contribution is 0.265. The van der Waals surface area contributed by atoms with Crippen molar-refractivity contribution in [2.75, 3.05) is 27.3 Å². The Morgan fingerprint density at radius 3 is 2.62 bits per heavy atom. The van der Waals surface area contributed by atoms with E-state index >= 15 is 0 Å². The molecule has 0 amide bonds. The third-order valence-corrected chi connectivity index (χ3v) is 7.87. The van der Waals surface area contributed by atoms with Crippen LogP contribution in [-0.4, -0.2) is 50.2 Å². The standard InChI is InChI=1S/C22H24ClN3O5S/c1-14-6-8-17(12-18(14)23)32(27,28)26-10-4-5-16(13-26)22-24-21(25-31-22)15-7-9-19(29-2)20(11-15)30-3/h6-9,11-12,16H,4-5,10,13H2,1-3H3/t16-/m1/s1. The second-order valence-corrected chi connectivity index (χ2v) is 9.98. The molecule has 0 aliphatic carbocycles. The van der Waals surface area contributed by atoms with E-state index in [-0.39, 0.29) is 17.4 Å². The number of piperidine rings is 1. The second kappa shape index (κ2) is 9.09. The van der Waals surface area contributed by atoms with Gasteiger partial charge < -0.3 is 14.0 Å². The average Bonchev–Trinajstić information content (AvgIpc) is 3.31. The molecule has 0 N–H and O–H groups in total. The summed E-state index contributed by atoms with van der Waals surface area (Å²) in [5, 5.41) is 4.52. The highest BCUT2D eigenvalue weighted by Crippen LogP contribution is 2.34. The fourth-order valence-corrected chi connectivity index (χ4v) is 5.53. The van der Waals surface area contributed by atoms with Crippen LogP contribution in [0.2, 0.25) is 5.02 Å². The smallest absolute Gasteiger partial charge is 0.243 e. The highest BCUT2D eigenvalue weighted by molar-refractivity contribution is 7.89. The molecule has 170 valence electrons. The largest absolute Gasteiger partial charge is 0.493 e. The zero-order valence-corrected chi connectivity index (χ0v) is 19.6. The Morgan fingerprint density at radius 1 is 1.12 bits per heavy atom. The normalized spacial score (nSPS) is 17.3. The number of halogens is 1. The molecule has 1 saturated heterocycles. The van der Waals surface area contributed by atoms with E-state index in [2.05, 4.69) is 10.1 Å². The van der Waals surface area contributed by atoms with Gasteiger partial charge in [-0.15, -0.1) is 0 Å². The Morgan fingerprint density at radius 2 is 1.91 bits per heavy atom. The molecule has 1 aromatic heterocycles. The van der Waals surface area contributed by atoms with Crippen molar-refractivity contribution in [2.24, 2.45) is 0 Å². The summed E-state index contributed by atoms with van der Waals surface area (Å²) >= 11 is 6.15. The average molecular weight is 478 g/mol. The quantitative estimate of drug-likeness (QED) is 0.522. The molecule has 0 bridgehead atoms. The molecule has 0 unspecified atom stereocenters. The van der Waals surface area contributed by atoms with Crippen molar-refractivity contribution < 1.29 is 22.4 Å². The zero-order chi connectivity index (χ0) is 22.9. The molecule has 8 nitrogen and oxygen atoms in total. The van der Waals surface area contributed by atoms with Gasteiger partial charge in [0.25, 0.3) is 0 Å². The molecule has 32 heavy (non-hydrogen) atoms. The van der Waals surface area contributed by atoms with Crippen molar-refractivity contribution in [1.29, 1.82) is 0 Å². The Kier molecular flexibility index (Phi) is 6.41. The lowest BCUT2D eigenvalue weighted by atomic mass is 10.00. The molecule has 4 rings (SSSR count). The first kappa shape index (κ1) is 22.6. The molecule has 1 aliphatic heterocycles. The van der Waals surface area contributed by atoms with Crippen LogP contribution in [0.1, 0.15) is 30.2 Å². The number of rotatable bonds is 6. The van der Waals surface area contributed by atoms with E-state index in [0.717, 1.165) is 12.0 Å². The predicted octanol–water partition coefficient (Wildman–Crippen LogP) is 4.28. The van der Waals surface area contributed by atoms with Gasteiger partial charge in [-0.3, -0.25) is 0 Å². The van der Waals surface area contributed by atoms with Gasteiger partial charge in [0.1, 0.15) is 0 Å². The summed E-state index contributed by atoms with van der Waals surface area (Å²) in [5.74, 6) is 1.79. The fourth-order valence-electron chi connectivity index (χ4n) is 3.74. The van der Waals surface area contributed by atoms with E-state index in [1.165, 1.54) is 10.4 Å². The van der Waals surface area contributed by atoms with Crippen molar-refractivity contribution in [2.45, 2.75) is 30.6 Å². The second-order valence-electron chi connectivity index (χ2n) is 7.64. The molecule has 2 aromatic carbocycles. The van der Waals surface area contributed by atoms with E-state index in [1.807, 2.05) is 13.0 Å². The number of aryl methyl sites for hydroxylation is 1. The van der Waals surface area contributed by atoms with Crippen LogP contribution in [0, 0.1) is 6.92 Å². The van der Waals surface area contributed by atoms with Gasteiger partial charge in [0.05, 0.1) is 25.0 Å². The monoisotopic (exact) mass is 477 g/mol. The summed E-state index contributed by atoms with van der Waals surface area (Å²) in [7, 11) is -0.552. The van der Waals surface area contributed by atoms with Crippen LogP contribution in [0.25, 0.3) is 11.4 Å². The van der Waals surface area contributed by atoms with Gasteiger partial charge in [0.2, 0.25) is 21.7 Å². The van der Waals surface area contributed by atoms with Crippen molar-refractivity contribution in [3.05, 3.63) is 52.9 Å². The van der Waals surface area contributed by atoms with E-state index in [0.29, 0.717) is 46.8 Å². The minimum Gasteiger partial charge on any atom is -0.493 e. The van der Waals surface area contributed by atoms with Crippen molar-refractivity contribution in [3.8, 4) is 22.9 Å². The molecular formula is C22H24ClN3O5S. The highest BCUT2D eigenvalue weighted by Gasteiger charge is 2.33. The summed E-state index contributed by atoms with van der Waals surface area (Å²) in [4.78, 5) is 4.72. The van der Waals surface area contributed by atoms with Gasteiger partial charge in [0.15, 0.2) is 11.5 Å². The minimum absolute atomic E-state index is 0.185. The molecular weight excluding hydrogens is 454 g/mol. The van der Waals surface area contributed by atoms with Gasteiger partial charge in [-0.25, -0.2) is 8.42 Å². The Balaban J connectivity index is 1.56. The number of methoxy groups -OCH3 is 2. The third-order valence-electron chi connectivity index (χ3n) is 5.60. The summed E-state index contributed by atoms with van der Waals surface area (Å²) in [6.45, 7) is 2.53. The van der Waals surface area contributed by atoms with Crippen LogP contribution in [0.3, 0.4) is 0 Å². The molecule has 2 heterocycles. The highest BCUT2D eigenvalue weighted by atomic mass is 35.5. The zero-order valence-electron chi connectivity index (χ0n) is 18.0. The van der Waals surface area contributed by atoms with Gasteiger partial charge in [0, 0.05) is 23.7 Å². The first-order valence-electron chi connectivity index (χ1n) is 10.2. The van der Waals surface area contributed by atoms with Gasteiger partial charge in [-0.2, -0.15) is 9.29 Å². The van der Waals surface area contributed by atoms with E-state index in [4.69, 9.17) is 25.6 Å². The summed E-state index contributed by atoms with van der Waals surface area (Å²) in [6.07, 6.45) is 1.45. The molecule has 10 heteroatoms. The number of ether oxygens (including phenoxy) is 2. The van der Waals surface area contributed by atoms with Crippen molar-refractivity contribution >= 4 is 21.6 Å². The topological polar surface area (TPSA) is 94.8 Å². The van der Waals surface area contributed by atoms with Crippen LogP contribution in [-0.2, 0) is 10.0 Å². The lowest BCUT2D eigenvalue weighted by Crippen LogP contribution is -2.39. The number of aromatic nitrogens is 2. The molecule has 1 atom stereocenters. The van der Waals surface area contributed by atoms with Crippen LogP contribution >= 0.6 is 11.6 Å². The number of hydrogen-bond acceptors (Lipinski definition) is 7. The minimum atomic E-state index is -3.68. The van der Waals surface area contributed by atoms with Crippen LogP contribution in [0.5, 0.6) is 11.5 Å². The maximum Gasteiger partial charge on any atom is 0.243 e. The Labute approximate surface area is 192 Å². The van der Waals surface area contributed by atoms with E-state index < -0.39 is 10.0 Å². The SMILES string of the molecule is COc1ccc(-c2noc([C@@H]3CCCN(S(=O)(=O)c4ccc(C)c(Cl)c4)C3)n2)cc1OC. The van der Waals surface area contributed by atoms with Crippen LogP contribution < -0.4 is 9.47 Å². The van der Waals surface area contributed by atoms with Gasteiger partial charge in [-0.1, -0.05) is 22.8 Å². The predicted molar refractivity (Wildman–Crippen MR) is 120 cm³/mol. The Bertz CT molecular complexity index is 1230. The molecule has 3 aromatic rings. The maximum absolute atomic E-state index is 13.2. The number of hydrogen-bond donors (Lipinski definition) is 0. The number of benzene rings is 2. The molecule has 0 saturated carbocycles. The van der Waals surface area contributed by atoms with Gasteiger partial charge >= 0.3 is 0 Å². The van der Waals surface area contributed by atoms with Gasteiger partial charge in [-0.05, 0) is 55.7 Å². The summed E-state index contributed by atoms with van der Waals surface area (Å²) < 4.78 is 43.9. The lowest BCUT2D eigenvalue weighted by Gasteiger charge is -2.30. The van der Waals surface area contributed by atoms with Crippen molar-refractivity contribution in [3.63, 3.8) is 0 Å². The molecule has 1 aliphatic rings. The Hall–Kier alpha value is -2.62. The van der Waals surface area contributed by atoms with E-state index in [9.17, 15) is 8.42 Å². The van der Waals surface area contributed by atoms with Crippen LogP contribution in [0.15, 0.2) is 45.8 Å². The first-order chi connectivity index (χ1) is 15.3. The maximum atomic E-state index is 13.2.